The summed E-state index contributed by atoms with van der Waals surface area (Å²) in [6, 6.07) is 17.4. The van der Waals surface area contributed by atoms with Crippen LogP contribution in [0.4, 0.5) is 0 Å². The molecule has 3 aromatic rings. The zero-order valence-corrected chi connectivity index (χ0v) is 17.2. The van der Waals surface area contributed by atoms with E-state index in [-0.39, 0.29) is 17.4 Å². The second-order valence-corrected chi connectivity index (χ2v) is 7.77. The molecule has 6 nitrogen and oxygen atoms in total. The number of amides is 2. The lowest BCUT2D eigenvalue weighted by Gasteiger charge is -2.05. The van der Waals surface area contributed by atoms with E-state index in [1.165, 1.54) is 11.8 Å². The van der Waals surface area contributed by atoms with E-state index in [0.29, 0.717) is 18.0 Å². The van der Waals surface area contributed by atoms with E-state index >= 15 is 0 Å². The van der Waals surface area contributed by atoms with Gasteiger partial charge < -0.3 is 11.1 Å². The van der Waals surface area contributed by atoms with Gasteiger partial charge in [0, 0.05) is 28.9 Å². The molecule has 0 aliphatic carbocycles. The number of carbonyl (C=O) groups is 2. The van der Waals surface area contributed by atoms with Gasteiger partial charge in [-0.15, -0.1) is 11.8 Å². The summed E-state index contributed by atoms with van der Waals surface area (Å²) in [5.41, 5.74) is 8.86. The summed E-state index contributed by atoms with van der Waals surface area (Å²) >= 11 is 7.22. The molecule has 1 heterocycles. The summed E-state index contributed by atoms with van der Waals surface area (Å²) in [5, 5.41) is 8.29. The third kappa shape index (κ3) is 6.10. The maximum Gasteiger partial charge on any atom is 0.230 e. The van der Waals surface area contributed by atoms with Crippen molar-refractivity contribution in [2.75, 3.05) is 18.1 Å². The molecule has 3 rings (SSSR count). The van der Waals surface area contributed by atoms with Gasteiger partial charge in [-0.3, -0.25) is 9.59 Å². The Kier molecular flexibility index (Phi) is 7.32. The standard InChI is InChI=1S/C21H21ClN4O2S/c22-17-8-6-15(7-9-17)21-16(10-11-24-20(28)14-29-13-19(23)27)12-26(25-21)18-4-2-1-3-5-18/h1-9,12H,10-11,13-14H2,(H2,23,27)(H,24,28). The summed E-state index contributed by atoms with van der Waals surface area (Å²) < 4.78 is 1.84. The largest absolute Gasteiger partial charge is 0.369 e. The normalized spacial score (nSPS) is 10.7. The Balaban J connectivity index is 1.72. The van der Waals surface area contributed by atoms with Gasteiger partial charge in [0.25, 0.3) is 0 Å². The van der Waals surface area contributed by atoms with Crippen molar-refractivity contribution in [1.29, 1.82) is 0 Å². The molecule has 2 amide bonds. The lowest BCUT2D eigenvalue weighted by atomic mass is 10.1. The Morgan fingerprint density at radius 3 is 2.48 bits per heavy atom. The quantitative estimate of drug-likeness (QED) is 0.548. The molecule has 0 unspecified atom stereocenters. The van der Waals surface area contributed by atoms with Gasteiger partial charge in [0.05, 0.1) is 22.9 Å². The minimum absolute atomic E-state index is 0.125. The van der Waals surface area contributed by atoms with E-state index in [9.17, 15) is 9.59 Å². The van der Waals surface area contributed by atoms with Crippen LogP contribution in [0.1, 0.15) is 5.56 Å². The first-order valence-electron chi connectivity index (χ1n) is 9.05. The fourth-order valence-electron chi connectivity index (χ4n) is 2.79. The molecule has 150 valence electrons. The lowest BCUT2D eigenvalue weighted by molar-refractivity contribution is -0.118. The number of nitrogens with one attached hydrogen (secondary N) is 1. The summed E-state index contributed by atoms with van der Waals surface area (Å²) in [4.78, 5) is 22.7. The van der Waals surface area contributed by atoms with Crippen LogP contribution in [0, 0.1) is 0 Å². The first kappa shape index (κ1) is 21.0. The van der Waals surface area contributed by atoms with E-state index in [2.05, 4.69) is 5.32 Å². The highest BCUT2D eigenvalue weighted by atomic mass is 35.5. The third-order valence-electron chi connectivity index (χ3n) is 4.12. The number of nitrogens with two attached hydrogens (primary N) is 1. The number of hydrogen-bond acceptors (Lipinski definition) is 4. The van der Waals surface area contributed by atoms with Crippen LogP contribution in [-0.2, 0) is 16.0 Å². The number of aromatic nitrogens is 2. The molecule has 0 saturated carbocycles. The van der Waals surface area contributed by atoms with Crippen LogP contribution in [0.5, 0.6) is 0 Å². The van der Waals surface area contributed by atoms with Crippen molar-refractivity contribution in [3.63, 3.8) is 0 Å². The maximum absolute atomic E-state index is 11.9. The van der Waals surface area contributed by atoms with Gasteiger partial charge >= 0.3 is 0 Å². The van der Waals surface area contributed by atoms with Gasteiger partial charge in [0.15, 0.2) is 0 Å². The van der Waals surface area contributed by atoms with Crippen molar-refractivity contribution < 1.29 is 9.59 Å². The summed E-state index contributed by atoms with van der Waals surface area (Å²) in [5.74, 6) is -0.211. The number of primary amides is 1. The van der Waals surface area contributed by atoms with Gasteiger partial charge in [-0.2, -0.15) is 5.10 Å². The average molecular weight is 429 g/mol. The second kappa shape index (κ2) is 10.1. The number of nitrogens with zero attached hydrogens (tertiary/aromatic N) is 2. The smallest absolute Gasteiger partial charge is 0.230 e. The third-order valence-corrected chi connectivity index (χ3v) is 5.33. The van der Waals surface area contributed by atoms with Crippen molar-refractivity contribution in [2.45, 2.75) is 6.42 Å². The van der Waals surface area contributed by atoms with Crippen LogP contribution in [0.2, 0.25) is 5.02 Å². The van der Waals surface area contributed by atoms with Gasteiger partial charge in [0.2, 0.25) is 11.8 Å². The molecule has 0 bridgehead atoms. The molecule has 29 heavy (non-hydrogen) atoms. The van der Waals surface area contributed by atoms with Crippen LogP contribution in [0.3, 0.4) is 0 Å². The SMILES string of the molecule is NC(=O)CSCC(=O)NCCc1cn(-c2ccccc2)nc1-c1ccc(Cl)cc1. The van der Waals surface area contributed by atoms with Crippen molar-refractivity contribution in [1.82, 2.24) is 15.1 Å². The van der Waals surface area contributed by atoms with Crippen molar-refractivity contribution in [3.8, 4) is 16.9 Å². The minimum Gasteiger partial charge on any atom is -0.369 e. The topological polar surface area (TPSA) is 90.0 Å². The Labute approximate surface area is 178 Å². The molecule has 3 N–H and O–H groups in total. The minimum atomic E-state index is -0.427. The van der Waals surface area contributed by atoms with Gasteiger partial charge in [-0.1, -0.05) is 41.9 Å². The summed E-state index contributed by atoms with van der Waals surface area (Å²) in [6.07, 6.45) is 2.60. The monoisotopic (exact) mass is 428 g/mol. The summed E-state index contributed by atoms with van der Waals surface area (Å²) in [6.45, 7) is 0.469. The maximum atomic E-state index is 11.9. The number of rotatable bonds is 9. The first-order valence-corrected chi connectivity index (χ1v) is 10.6. The molecule has 8 heteroatoms. The molecular weight excluding hydrogens is 408 g/mol. The van der Waals surface area contributed by atoms with Gasteiger partial charge in [0.1, 0.15) is 0 Å². The first-order chi connectivity index (χ1) is 14.0. The fourth-order valence-corrected chi connectivity index (χ4v) is 3.51. The predicted molar refractivity (Wildman–Crippen MR) is 117 cm³/mol. The van der Waals surface area contributed by atoms with Crippen LogP contribution >= 0.6 is 23.4 Å². The molecule has 0 saturated heterocycles. The zero-order chi connectivity index (χ0) is 20.6. The lowest BCUT2D eigenvalue weighted by Crippen LogP contribution is -2.28. The molecule has 0 aliphatic rings. The average Bonchev–Trinajstić information content (AvgIpc) is 3.13. The van der Waals surface area contributed by atoms with E-state index in [1.54, 1.807) is 0 Å². The molecule has 0 atom stereocenters. The zero-order valence-electron chi connectivity index (χ0n) is 15.7. The van der Waals surface area contributed by atoms with E-state index < -0.39 is 5.91 Å². The highest BCUT2D eigenvalue weighted by molar-refractivity contribution is 8.00. The highest BCUT2D eigenvalue weighted by Gasteiger charge is 2.13. The molecular formula is C21H21ClN4O2S. The Morgan fingerprint density at radius 2 is 1.79 bits per heavy atom. The van der Waals surface area contributed by atoms with E-state index in [1.807, 2.05) is 65.5 Å². The Hall–Kier alpha value is -2.77. The molecule has 0 aliphatic heterocycles. The number of benzene rings is 2. The van der Waals surface area contributed by atoms with E-state index in [4.69, 9.17) is 22.4 Å². The molecule has 2 aromatic carbocycles. The molecule has 1 aromatic heterocycles. The summed E-state index contributed by atoms with van der Waals surface area (Å²) in [7, 11) is 0. The van der Waals surface area contributed by atoms with Crippen LogP contribution < -0.4 is 11.1 Å². The van der Waals surface area contributed by atoms with Gasteiger partial charge in [-0.05, 0) is 30.7 Å². The molecule has 0 radical (unpaired) electrons. The number of thioether (sulfide) groups is 1. The second-order valence-electron chi connectivity index (χ2n) is 6.35. The molecule has 0 spiro atoms. The predicted octanol–water partition coefficient (Wildman–Crippen LogP) is 3.07. The van der Waals surface area contributed by atoms with Crippen LogP contribution in [0.25, 0.3) is 16.9 Å². The number of para-hydroxylation sites is 1. The Bertz CT molecular complexity index is 974. The molecule has 0 fully saturated rings. The van der Waals surface area contributed by atoms with Crippen molar-refractivity contribution in [2.24, 2.45) is 5.73 Å². The van der Waals surface area contributed by atoms with Crippen molar-refractivity contribution >= 4 is 35.2 Å². The number of halogens is 1. The van der Waals surface area contributed by atoms with Gasteiger partial charge in [-0.25, -0.2) is 4.68 Å². The highest BCUT2D eigenvalue weighted by Crippen LogP contribution is 2.25. The fraction of sp³-hybridized carbons (Fsp3) is 0.190. The van der Waals surface area contributed by atoms with Crippen LogP contribution in [-0.4, -0.2) is 39.6 Å². The van der Waals surface area contributed by atoms with Crippen molar-refractivity contribution in [3.05, 3.63) is 71.4 Å². The number of carbonyl (C=O) groups excluding carboxylic acids is 2. The number of hydrogen-bond donors (Lipinski definition) is 2. The van der Waals surface area contributed by atoms with E-state index in [0.717, 1.165) is 22.5 Å². The Morgan fingerprint density at radius 1 is 1.07 bits per heavy atom. The van der Waals surface area contributed by atoms with Crippen LogP contribution in [0.15, 0.2) is 60.8 Å².